The van der Waals surface area contributed by atoms with Crippen LogP contribution >= 0.6 is 0 Å². The number of hydrogen-bond donors (Lipinski definition) is 7. The van der Waals surface area contributed by atoms with Crippen LogP contribution in [0, 0.1) is 0 Å². The van der Waals surface area contributed by atoms with Gasteiger partial charge < -0.3 is 44.7 Å². The summed E-state index contributed by atoms with van der Waals surface area (Å²) in [6.45, 7) is 14.7. The third-order valence-corrected chi connectivity index (χ3v) is 17.5. The quantitative estimate of drug-likeness (QED) is 0.0372. The molecular weight excluding hydrogens is 1360 g/mol. The lowest BCUT2D eigenvalue weighted by atomic mass is 9.98. The zero-order valence-corrected chi connectivity index (χ0v) is 60.0. The van der Waals surface area contributed by atoms with E-state index in [1.165, 1.54) is 29.2 Å². The van der Waals surface area contributed by atoms with E-state index in [4.69, 9.17) is 23.7 Å². The van der Waals surface area contributed by atoms with Crippen LogP contribution in [0.1, 0.15) is 123 Å². The molecule has 19 nitrogen and oxygen atoms in total. The van der Waals surface area contributed by atoms with Crippen molar-refractivity contribution in [1.29, 1.82) is 0 Å². The molecule has 0 saturated carbocycles. The highest BCUT2D eigenvalue weighted by molar-refractivity contribution is 5.88. The van der Waals surface area contributed by atoms with Gasteiger partial charge in [0.2, 0.25) is 0 Å². The maximum Gasteiger partial charge on any atom is 0.471 e. The summed E-state index contributed by atoms with van der Waals surface area (Å²) in [5.41, 5.74) is 16.7. The number of anilines is 3. The van der Waals surface area contributed by atoms with Gasteiger partial charge >= 0.3 is 48.5 Å². The minimum absolute atomic E-state index is 0.0227. The van der Waals surface area contributed by atoms with Gasteiger partial charge in [0.05, 0.1) is 0 Å². The number of nitrogens with one attached hydrogen (secondary N) is 6. The summed E-state index contributed by atoms with van der Waals surface area (Å²) in [6.07, 6.45) is -6.89. The summed E-state index contributed by atoms with van der Waals surface area (Å²) >= 11 is 0. The van der Waals surface area contributed by atoms with E-state index in [0.29, 0.717) is 34.6 Å². The predicted molar refractivity (Wildman–Crippen MR) is 400 cm³/mol. The first-order chi connectivity index (χ1) is 50.5. The fourth-order valence-electron chi connectivity index (χ4n) is 12.9. The van der Waals surface area contributed by atoms with Crippen molar-refractivity contribution in [3.05, 3.63) is 268 Å². The fourth-order valence-corrected chi connectivity index (χ4v) is 12.9. The second kappa shape index (κ2) is 34.1. The van der Waals surface area contributed by atoms with Crippen LogP contribution in [-0.2, 0) is 52.5 Å². The Morgan fingerprint density at radius 1 is 0.358 bits per heavy atom. The van der Waals surface area contributed by atoms with Gasteiger partial charge in [-0.05, 0) is 188 Å². The molecule has 0 unspecified atom stereocenters. The van der Waals surface area contributed by atoms with Crippen LogP contribution in [0.3, 0.4) is 0 Å². The Morgan fingerprint density at radius 2 is 0.613 bits per heavy atom. The zero-order valence-electron chi connectivity index (χ0n) is 60.0. The Bertz CT molecular complexity index is 4480. The number of alkyl carbamates (subject to hydrolysis) is 2. The van der Waals surface area contributed by atoms with Gasteiger partial charge in [0, 0.05) is 53.3 Å². The number of amides is 6. The van der Waals surface area contributed by atoms with Crippen molar-refractivity contribution >= 4 is 59.4 Å². The number of halogens is 3. The van der Waals surface area contributed by atoms with Crippen LogP contribution in [0.2, 0.25) is 0 Å². The molecule has 106 heavy (non-hydrogen) atoms. The van der Waals surface area contributed by atoms with Gasteiger partial charge in [-0.2, -0.15) is 13.2 Å². The summed E-state index contributed by atoms with van der Waals surface area (Å²) in [7, 11) is 0. The Balaban J connectivity index is 0.000000170. The van der Waals surface area contributed by atoms with Gasteiger partial charge in [-0.3, -0.25) is 20.7 Å². The van der Waals surface area contributed by atoms with Gasteiger partial charge in [0.15, 0.2) is 0 Å². The number of ether oxygens (including phenoxy) is 5. The van der Waals surface area contributed by atoms with E-state index >= 15 is 0 Å². The van der Waals surface area contributed by atoms with Crippen LogP contribution in [0.25, 0.3) is 33.4 Å². The van der Waals surface area contributed by atoms with E-state index in [2.05, 4.69) is 87.2 Å². The highest BCUT2D eigenvalue weighted by Crippen LogP contribution is 2.47. The second-order valence-electron chi connectivity index (χ2n) is 28.0. The Hall–Kier alpha value is -11.9. The summed E-state index contributed by atoms with van der Waals surface area (Å²) in [5.74, 6) is -3.20. The highest BCUT2D eigenvalue weighted by atomic mass is 19.4. The van der Waals surface area contributed by atoms with Gasteiger partial charge in [0.25, 0.3) is 0 Å². The number of carbonyl (C=O) groups excluding carboxylic acids is 6. The van der Waals surface area contributed by atoms with Gasteiger partial charge in [-0.25, -0.2) is 28.8 Å². The van der Waals surface area contributed by atoms with Gasteiger partial charge in [-0.15, -0.1) is 0 Å². The van der Waals surface area contributed by atoms with Crippen molar-refractivity contribution in [2.24, 2.45) is 0 Å². The third-order valence-electron chi connectivity index (χ3n) is 17.5. The SMILES string of the molecule is CC(C)(C)OC(=O)N[C@@H](Cc1ccc(NC(=O)OCC2c3ccccc3-c3ccccc32)cc1)C(=O)O.C[C@H](Cc1ccc(NC(=O)OCC2c3ccccc3-c3ccccc32)cc1)NC(=O)C(F)(F)F.C[C@H](Cc1ccc(NC(=O)OCC2c3ccccc3-c3ccccc32)cc1)NC(=O)OC(C)(C)C. The molecule has 0 aromatic heterocycles. The summed E-state index contributed by atoms with van der Waals surface area (Å²) in [6, 6.07) is 67.7. The lowest BCUT2D eigenvalue weighted by molar-refractivity contribution is -0.174. The van der Waals surface area contributed by atoms with E-state index in [9.17, 15) is 51.8 Å². The van der Waals surface area contributed by atoms with Crippen LogP contribution in [-0.4, -0.2) is 103 Å². The summed E-state index contributed by atoms with van der Waals surface area (Å²) < 4.78 is 64.2. The molecule has 12 rings (SSSR count). The molecule has 9 aromatic carbocycles. The maximum absolute atomic E-state index is 12.5. The van der Waals surface area contributed by atoms with E-state index < -0.39 is 71.8 Å². The lowest BCUT2D eigenvalue weighted by Crippen LogP contribution is -2.44. The van der Waals surface area contributed by atoms with Crippen LogP contribution < -0.4 is 31.9 Å². The third kappa shape index (κ3) is 20.9. The average molecular weight is 1440 g/mol. The van der Waals surface area contributed by atoms with Crippen molar-refractivity contribution in [2.75, 3.05) is 35.8 Å². The lowest BCUT2D eigenvalue weighted by Gasteiger charge is -2.22. The van der Waals surface area contributed by atoms with E-state index in [1.807, 2.05) is 142 Å². The molecular formula is C84H85F3N6O13. The summed E-state index contributed by atoms with van der Waals surface area (Å²) in [4.78, 5) is 83.9. The van der Waals surface area contributed by atoms with Crippen LogP contribution in [0.15, 0.2) is 218 Å². The molecule has 0 saturated heterocycles. The number of carboxylic acids is 1. The highest BCUT2D eigenvalue weighted by Gasteiger charge is 2.39. The number of fused-ring (bicyclic) bond motifs is 9. The molecule has 0 fully saturated rings. The fraction of sp³-hybridized carbons (Fsp3) is 0.274. The predicted octanol–water partition coefficient (Wildman–Crippen LogP) is 17.7. The van der Waals surface area contributed by atoms with Crippen molar-refractivity contribution in [3.63, 3.8) is 0 Å². The van der Waals surface area contributed by atoms with Gasteiger partial charge in [0.1, 0.15) is 37.1 Å². The molecule has 6 amide bonds. The minimum atomic E-state index is -4.91. The molecule has 0 aliphatic heterocycles. The monoisotopic (exact) mass is 1440 g/mol. The van der Waals surface area contributed by atoms with Crippen molar-refractivity contribution < 1.29 is 75.5 Å². The van der Waals surface area contributed by atoms with Crippen molar-refractivity contribution in [1.82, 2.24) is 16.0 Å². The minimum Gasteiger partial charge on any atom is -0.480 e. The van der Waals surface area contributed by atoms with Crippen molar-refractivity contribution in [2.45, 2.75) is 128 Å². The van der Waals surface area contributed by atoms with E-state index in [-0.39, 0.29) is 56.5 Å². The Labute approximate surface area is 613 Å². The maximum atomic E-state index is 12.5. The first-order valence-corrected chi connectivity index (χ1v) is 34.7. The number of alkyl halides is 3. The van der Waals surface area contributed by atoms with Crippen LogP contribution in [0.4, 0.5) is 54.2 Å². The molecule has 0 spiro atoms. The number of benzene rings is 9. The average Bonchev–Trinajstić information content (AvgIpc) is 1.63. The molecule has 22 heteroatoms. The summed E-state index contributed by atoms with van der Waals surface area (Å²) in [5, 5.41) is 24.8. The number of carboxylic acid groups (broad SMARTS) is 1. The van der Waals surface area contributed by atoms with Crippen LogP contribution in [0.5, 0.6) is 0 Å². The molecule has 3 aliphatic carbocycles. The van der Waals surface area contributed by atoms with E-state index in [1.54, 1.807) is 69.3 Å². The Kier molecular flexibility index (Phi) is 24.7. The zero-order chi connectivity index (χ0) is 75.9. The standard InChI is InChI=1S/C29H30N2O6.C29H32N2O4.C26H23F3N2O3/c1-29(2,3)37-28(35)31-25(26(32)33)16-18-12-14-19(15-13-18)30-27(34)36-17-24-22-10-6-4-8-20(22)21-9-5-7-11-23(21)24;1-19(30-28(33)35-29(2,3)4)17-20-13-15-21(16-14-20)31-27(32)34-18-26-24-11-7-5-9-22(24)23-10-6-8-12-25(23)26;1-16(30-24(32)26(27,28)29)14-17-10-12-18(13-11-17)31-25(33)34-15-23-21-8-4-2-6-19(21)20-7-3-5-9-22(20)23/h4-15,24-25H,16-17H2,1-3H3,(H,30,34)(H,31,35)(H,32,33);5-16,19,26H,17-18H2,1-4H3,(H,30,33)(H,31,32);2-13,16,23H,14-15H2,1H3,(H,30,32)(H,31,33)/t25-;19-;16-/m011/s1. The molecule has 9 aromatic rings. The first kappa shape index (κ1) is 76.7. The normalized spacial score (nSPS) is 13.3. The molecule has 3 atom stereocenters. The first-order valence-electron chi connectivity index (χ1n) is 34.7. The molecule has 550 valence electrons. The topological polar surface area (TPSA) is 258 Å². The Morgan fingerprint density at radius 3 is 0.877 bits per heavy atom. The number of aliphatic carboxylic acids is 1. The molecule has 0 radical (unpaired) electrons. The number of rotatable bonds is 19. The number of hydrogen-bond acceptors (Lipinski definition) is 12. The molecule has 3 aliphatic rings. The second-order valence-corrected chi connectivity index (χ2v) is 28.0. The molecule has 0 bridgehead atoms. The molecule has 0 heterocycles. The van der Waals surface area contributed by atoms with Gasteiger partial charge in [-0.1, -0.05) is 182 Å². The largest absolute Gasteiger partial charge is 0.480 e. The van der Waals surface area contributed by atoms with E-state index in [0.717, 1.165) is 50.1 Å². The number of carbonyl (C=O) groups is 7. The van der Waals surface area contributed by atoms with Crippen molar-refractivity contribution in [3.8, 4) is 33.4 Å². The molecule has 7 N–H and O–H groups in total. The smallest absolute Gasteiger partial charge is 0.471 e.